The van der Waals surface area contributed by atoms with E-state index in [2.05, 4.69) is 4.98 Å². The van der Waals surface area contributed by atoms with Gasteiger partial charge in [-0.1, -0.05) is 12.1 Å². The molecule has 2 aromatic rings. The fourth-order valence-corrected chi connectivity index (χ4v) is 3.99. The van der Waals surface area contributed by atoms with Gasteiger partial charge in [0, 0.05) is 6.54 Å². The number of nitrogens with one attached hydrogen (secondary N) is 1. The molecule has 2 unspecified atom stereocenters. The molecule has 0 bridgehead atoms. The maximum absolute atomic E-state index is 13.1. The second-order valence-corrected chi connectivity index (χ2v) is 7.46. The van der Waals surface area contributed by atoms with Crippen LogP contribution in [-0.4, -0.2) is 56.0 Å². The summed E-state index contributed by atoms with van der Waals surface area (Å²) in [6, 6.07) is 4.67. The normalized spacial score (nSPS) is 18.0. The van der Waals surface area contributed by atoms with Crippen LogP contribution in [-0.2, 0) is 9.59 Å². The van der Waals surface area contributed by atoms with Crippen LogP contribution in [0.2, 0.25) is 0 Å². The molecule has 27 heavy (non-hydrogen) atoms. The lowest BCUT2D eigenvalue weighted by Gasteiger charge is -2.27. The number of carboxylic acid groups (broad SMARTS) is 1. The second-order valence-electron chi connectivity index (χ2n) is 6.48. The summed E-state index contributed by atoms with van der Waals surface area (Å²) in [7, 11) is 0. The van der Waals surface area contributed by atoms with E-state index in [1.54, 1.807) is 24.3 Å². The topological polar surface area (TPSA) is 112 Å². The van der Waals surface area contributed by atoms with Crippen LogP contribution in [0.15, 0.2) is 33.9 Å². The van der Waals surface area contributed by atoms with Crippen molar-refractivity contribution < 1.29 is 14.7 Å². The second kappa shape index (κ2) is 7.99. The fraction of sp³-hybridized carbons (Fsp3) is 0.444. The molecule has 2 atom stereocenters. The van der Waals surface area contributed by atoms with Crippen LogP contribution in [0, 0.1) is 0 Å². The number of hydrogen-bond acceptors (Lipinski definition) is 5. The number of benzene rings is 1. The number of likely N-dealkylation sites (tertiary alicyclic amines) is 1. The number of aromatic nitrogens is 2. The zero-order chi connectivity index (χ0) is 19.6. The summed E-state index contributed by atoms with van der Waals surface area (Å²) in [6.45, 7) is 0.311. The van der Waals surface area contributed by atoms with Crippen LogP contribution >= 0.6 is 11.8 Å². The van der Waals surface area contributed by atoms with Crippen molar-refractivity contribution in [2.75, 3.05) is 18.6 Å². The third-order valence-electron chi connectivity index (χ3n) is 4.85. The van der Waals surface area contributed by atoms with Gasteiger partial charge in [-0.3, -0.25) is 9.59 Å². The number of rotatable bonds is 6. The number of carbonyl (C=O) groups excluding carboxylic acids is 1. The number of para-hydroxylation sites is 1. The lowest BCUT2D eigenvalue weighted by Crippen LogP contribution is -2.49. The minimum Gasteiger partial charge on any atom is -0.480 e. The molecule has 3 rings (SSSR count). The van der Waals surface area contributed by atoms with E-state index >= 15 is 0 Å². The molecule has 0 spiro atoms. The first-order valence-electron chi connectivity index (χ1n) is 8.71. The van der Waals surface area contributed by atoms with Crippen molar-refractivity contribution in [1.82, 2.24) is 14.5 Å². The summed E-state index contributed by atoms with van der Waals surface area (Å²) in [5.74, 6) is -0.998. The van der Waals surface area contributed by atoms with E-state index in [1.165, 1.54) is 16.7 Å². The number of aliphatic carboxylic acids is 1. The predicted molar refractivity (Wildman–Crippen MR) is 103 cm³/mol. The number of hydrogen-bond donors (Lipinski definition) is 2. The van der Waals surface area contributed by atoms with Crippen LogP contribution in [0.3, 0.4) is 0 Å². The number of aromatic amines is 1. The Morgan fingerprint density at radius 2 is 2.07 bits per heavy atom. The number of H-pyrrole nitrogens is 1. The van der Waals surface area contributed by atoms with Crippen molar-refractivity contribution in [2.45, 2.75) is 31.3 Å². The molecule has 0 saturated carbocycles. The van der Waals surface area contributed by atoms with Crippen molar-refractivity contribution >= 4 is 34.5 Å². The Morgan fingerprint density at radius 1 is 1.33 bits per heavy atom. The molecule has 1 amide bonds. The number of fused-ring (bicyclic) bond motifs is 1. The highest BCUT2D eigenvalue weighted by molar-refractivity contribution is 7.98. The third-order valence-corrected chi connectivity index (χ3v) is 5.49. The van der Waals surface area contributed by atoms with Gasteiger partial charge in [-0.2, -0.15) is 11.8 Å². The molecular weight excluding hydrogens is 370 g/mol. The van der Waals surface area contributed by atoms with Crippen LogP contribution in [0.4, 0.5) is 0 Å². The predicted octanol–water partition coefficient (Wildman–Crippen LogP) is 1.06. The fourth-order valence-electron chi connectivity index (χ4n) is 3.53. The zero-order valence-electron chi connectivity index (χ0n) is 14.9. The van der Waals surface area contributed by atoms with E-state index in [-0.39, 0.29) is 6.42 Å². The standard InChI is InChI=1S/C18H21N3O5S/c1-27-10-8-13(16(23)20-9-4-7-14(20)17(24)25)21-15(22)11-5-2-3-6-12(11)19-18(21)26/h2-3,5-6,13-14H,4,7-10H2,1H3,(H,19,26)(H,24,25). The Balaban J connectivity index is 2.09. The monoisotopic (exact) mass is 391 g/mol. The number of carbonyl (C=O) groups is 2. The molecule has 0 radical (unpaired) electrons. The minimum absolute atomic E-state index is 0.268. The Labute approximate surface area is 159 Å². The lowest BCUT2D eigenvalue weighted by atomic mass is 10.1. The molecule has 1 fully saturated rings. The van der Waals surface area contributed by atoms with E-state index in [1.807, 2.05) is 6.26 Å². The summed E-state index contributed by atoms with van der Waals surface area (Å²) in [5.41, 5.74) is -0.798. The number of amides is 1. The molecule has 0 aliphatic carbocycles. The van der Waals surface area contributed by atoms with Crippen molar-refractivity contribution in [3.05, 3.63) is 45.1 Å². The molecule has 1 aromatic carbocycles. The summed E-state index contributed by atoms with van der Waals surface area (Å²) < 4.78 is 0.943. The van der Waals surface area contributed by atoms with Gasteiger partial charge in [-0.05, 0) is 43.4 Å². The molecule has 144 valence electrons. The molecule has 9 heteroatoms. The van der Waals surface area contributed by atoms with Gasteiger partial charge in [0.05, 0.1) is 10.9 Å². The van der Waals surface area contributed by atoms with E-state index in [4.69, 9.17) is 0 Å². The number of thioether (sulfide) groups is 1. The average molecular weight is 391 g/mol. The first-order valence-corrected chi connectivity index (χ1v) is 10.1. The van der Waals surface area contributed by atoms with Crippen molar-refractivity contribution in [3.8, 4) is 0 Å². The van der Waals surface area contributed by atoms with Gasteiger partial charge in [0.1, 0.15) is 12.1 Å². The van der Waals surface area contributed by atoms with Gasteiger partial charge < -0.3 is 15.0 Å². The summed E-state index contributed by atoms with van der Waals surface area (Å²) in [5, 5.41) is 9.69. The molecular formula is C18H21N3O5S. The Hall–Kier alpha value is -2.55. The molecule has 1 aromatic heterocycles. The molecule has 2 N–H and O–H groups in total. The smallest absolute Gasteiger partial charge is 0.329 e. The van der Waals surface area contributed by atoms with Crippen LogP contribution in [0.25, 0.3) is 10.9 Å². The van der Waals surface area contributed by atoms with Gasteiger partial charge in [-0.15, -0.1) is 0 Å². The SMILES string of the molecule is CSCCC(C(=O)N1CCCC1C(=O)O)n1c(=O)[nH]c2ccccc2c1=O. The van der Waals surface area contributed by atoms with Gasteiger partial charge in [0.2, 0.25) is 5.91 Å². The highest BCUT2D eigenvalue weighted by atomic mass is 32.2. The quantitative estimate of drug-likeness (QED) is 0.761. The Bertz CT molecular complexity index is 983. The summed E-state index contributed by atoms with van der Waals surface area (Å²) in [6.07, 6.45) is 3.09. The molecule has 1 aliphatic heterocycles. The number of nitrogens with zero attached hydrogens (tertiary/aromatic N) is 2. The van der Waals surface area contributed by atoms with Gasteiger partial charge in [-0.25, -0.2) is 14.2 Å². The first kappa shape index (κ1) is 19.2. The Kier molecular flexibility index (Phi) is 5.69. The van der Waals surface area contributed by atoms with Gasteiger partial charge in [0.25, 0.3) is 5.56 Å². The summed E-state index contributed by atoms with van der Waals surface area (Å²) in [4.78, 5) is 54.1. The summed E-state index contributed by atoms with van der Waals surface area (Å²) >= 11 is 1.49. The van der Waals surface area contributed by atoms with E-state index < -0.39 is 35.2 Å². The van der Waals surface area contributed by atoms with Crippen LogP contribution < -0.4 is 11.2 Å². The first-order chi connectivity index (χ1) is 13.0. The highest BCUT2D eigenvalue weighted by Gasteiger charge is 2.38. The maximum Gasteiger partial charge on any atom is 0.329 e. The molecule has 8 nitrogen and oxygen atoms in total. The molecule has 2 heterocycles. The van der Waals surface area contributed by atoms with Gasteiger partial charge >= 0.3 is 11.7 Å². The van der Waals surface area contributed by atoms with Crippen molar-refractivity contribution in [2.24, 2.45) is 0 Å². The zero-order valence-corrected chi connectivity index (χ0v) is 15.7. The lowest BCUT2D eigenvalue weighted by molar-refractivity contribution is -0.149. The minimum atomic E-state index is -1.07. The van der Waals surface area contributed by atoms with Crippen LogP contribution in [0.5, 0.6) is 0 Å². The third kappa shape index (κ3) is 3.64. The largest absolute Gasteiger partial charge is 0.480 e. The van der Waals surface area contributed by atoms with E-state index in [0.29, 0.717) is 36.0 Å². The number of carboxylic acids is 1. The van der Waals surface area contributed by atoms with E-state index in [0.717, 1.165) is 4.57 Å². The molecule has 1 aliphatic rings. The Morgan fingerprint density at radius 3 is 2.78 bits per heavy atom. The maximum atomic E-state index is 13.1. The highest BCUT2D eigenvalue weighted by Crippen LogP contribution is 2.23. The average Bonchev–Trinajstić information content (AvgIpc) is 3.14. The van der Waals surface area contributed by atoms with Crippen molar-refractivity contribution in [3.63, 3.8) is 0 Å². The van der Waals surface area contributed by atoms with Crippen molar-refractivity contribution in [1.29, 1.82) is 0 Å². The van der Waals surface area contributed by atoms with E-state index in [9.17, 15) is 24.3 Å². The van der Waals surface area contributed by atoms with Gasteiger partial charge in [0.15, 0.2) is 0 Å². The van der Waals surface area contributed by atoms with Crippen LogP contribution in [0.1, 0.15) is 25.3 Å². The molecule has 1 saturated heterocycles.